The molecular formula is C20H20N2O6. The van der Waals surface area contributed by atoms with Crippen molar-refractivity contribution in [1.29, 1.82) is 0 Å². The number of benzene rings is 2. The average molecular weight is 384 g/mol. The standard InChI is InChI=1S/C20H20N2O6/c1-12(19(24)22-15-9-7-14(8-10-15)21-13(2)23)27-20(25)18-11-26-16-5-3-4-6-17(16)28-18/h3-10,12,18H,11H2,1-2H3,(H,21,23)(H,22,24)/t12-,18-/m1/s1. The summed E-state index contributed by atoms with van der Waals surface area (Å²) in [5.41, 5.74) is 1.12. The number of anilines is 2. The first-order valence-electron chi connectivity index (χ1n) is 8.70. The number of para-hydroxylation sites is 2. The first-order valence-corrected chi connectivity index (χ1v) is 8.70. The Morgan fingerprint density at radius 2 is 1.61 bits per heavy atom. The maximum absolute atomic E-state index is 12.3. The summed E-state index contributed by atoms with van der Waals surface area (Å²) in [5.74, 6) is -0.350. The van der Waals surface area contributed by atoms with Crippen LogP contribution in [0.25, 0.3) is 0 Å². The normalized spacial score (nSPS) is 15.9. The second kappa shape index (κ2) is 8.43. The van der Waals surface area contributed by atoms with E-state index < -0.39 is 24.1 Å². The Kier molecular flexibility index (Phi) is 5.78. The highest BCUT2D eigenvalue weighted by atomic mass is 16.6. The first kappa shape index (κ1) is 19.2. The highest BCUT2D eigenvalue weighted by Gasteiger charge is 2.31. The number of fused-ring (bicyclic) bond motifs is 1. The Morgan fingerprint density at radius 3 is 2.25 bits per heavy atom. The molecule has 2 aromatic rings. The van der Waals surface area contributed by atoms with E-state index in [-0.39, 0.29) is 12.5 Å². The van der Waals surface area contributed by atoms with Gasteiger partial charge >= 0.3 is 5.97 Å². The summed E-state index contributed by atoms with van der Waals surface area (Å²) in [6.07, 6.45) is -1.97. The van der Waals surface area contributed by atoms with Gasteiger partial charge in [0.1, 0.15) is 6.61 Å². The summed E-state index contributed by atoms with van der Waals surface area (Å²) in [6.45, 7) is 2.89. The number of amides is 2. The number of hydrogen-bond donors (Lipinski definition) is 2. The number of hydrogen-bond acceptors (Lipinski definition) is 6. The molecule has 146 valence electrons. The van der Waals surface area contributed by atoms with Gasteiger partial charge in [0.05, 0.1) is 0 Å². The van der Waals surface area contributed by atoms with Gasteiger partial charge in [-0.1, -0.05) is 12.1 Å². The lowest BCUT2D eigenvalue weighted by molar-refractivity contribution is -0.162. The Hall–Kier alpha value is -3.55. The average Bonchev–Trinajstić information content (AvgIpc) is 2.68. The van der Waals surface area contributed by atoms with Crippen molar-refractivity contribution in [3.8, 4) is 11.5 Å². The van der Waals surface area contributed by atoms with Gasteiger partial charge < -0.3 is 24.8 Å². The molecule has 0 saturated carbocycles. The van der Waals surface area contributed by atoms with Crippen molar-refractivity contribution in [1.82, 2.24) is 0 Å². The smallest absolute Gasteiger partial charge is 0.351 e. The van der Waals surface area contributed by atoms with Crippen LogP contribution in [-0.2, 0) is 19.1 Å². The maximum atomic E-state index is 12.3. The topological polar surface area (TPSA) is 103 Å². The molecule has 0 spiro atoms. The number of rotatable bonds is 5. The summed E-state index contributed by atoms with van der Waals surface area (Å²) >= 11 is 0. The lowest BCUT2D eigenvalue weighted by Gasteiger charge is -2.25. The molecule has 2 amide bonds. The lowest BCUT2D eigenvalue weighted by atomic mass is 10.2. The van der Waals surface area contributed by atoms with Crippen LogP contribution in [0.2, 0.25) is 0 Å². The number of ether oxygens (including phenoxy) is 3. The van der Waals surface area contributed by atoms with E-state index in [0.29, 0.717) is 22.9 Å². The molecule has 0 aliphatic carbocycles. The third kappa shape index (κ3) is 4.79. The van der Waals surface area contributed by atoms with Crippen LogP contribution in [0.4, 0.5) is 11.4 Å². The molecule has 8 heteroatoms. The van der Waals surface area contributed by atoms with Crippen LogP contribution in [0.1, 0.15) is 13.8 Å². The molecule has 1 aliphatic rings. The molecule has 0 aromatic heterocycles. The van der Waals surface area contributed by atoms with E-state index >= 15 is 0 Å². The molecule has 2 aromatic carbocycles. The molecular weight excluding hydrogens is 364 g/mol. The monoisotopic (exact) mass is 384 g/mol. The van der Waals surface area contributed by atoms with Crippen LogP contribution < -0.4 is 20.1 Å². The summed E-state index contributed by atoms with van der Waals surface area (Å²) in [6, 6.07) is 13.6. The summed E-state index contributed by atoms with van der Waals surface area (Å²) < 4.78 is 16.3. The van der Waals surface area contributed by atoms with Crippen molar-refractivity contribution in [3.63, 3.8) is 0 Å². The fourth-order valence-electron chi connectivity index (χ4n) is 2.52. The van der Waals surface area contributed by atoms with E-state index in [2.05, 4.69) is 10.6 Å². The van der Waals surface area contributed by atoms with E-state index in [1.807, 2.05) is 0 Å². The predicted octanol–water partition coefficient (Wildman–Crippen LogP) is 2.36. The molecule has 0 fully saturated rings. The molecule has 2 N–H and O–H groups in total. The van der Waals surface area contributed by atoms with Crippen LogP contribution in [0.15, 0.2) is 48.5 Å². The zero-order valence-electron chi connectivity index (χ0n) is 15.4. The van der Waals surface area contributed by atoms with Gasteiger partial charge in [-0.15, -0.1) is 0 Å². The van der Waals surface area contributed by atoms with Crippen LogP contribution in [0.5, 0.6) is 11.5 Å². The molecule has 2 atom stereocenters. The predicted molar refractivity (Wildman–Crippen MR) is 101 cm³/mol. The zero-order chi connectivity index (χ0) is 20.1. The third-order valence-electron chi connectivity index (χ3n) is 3.91. The van der Waals surface area contributed by atoms with Crippen molar-refractivity contribution in [2.45, 2.75) is 26.1 Å². The summed E-state index contributed by atoms with van der Waals surface area (Å²) in [7, 11) is 0. The van der Waals surface area contributed by atoms with Crippen LogP contribution in [-0.4, -0.2) is 36.6 Å². The van der Waals surface area contributed by atoms with Gasteiger partial charge in [0, 0.05) is 18.3 Å². The first-order chi connectivity index (χ1) is 13.4. The van der Waals surface area contributed by atoms with Gasteiger partial charge in [0.25, 0.3) is 5.91 Å². The second-order valence-corrected chi connectivity index (χ2v) is 6.19. The van der Waals surface area contributed by atoms with E-state index in [4.69, 9.17) is 14.2 Å². The van der Waals surface area contributed by atoms with Gasteiger partial charge in [-0.25, -0.2) is 4.79 Å². The van der Waals surface area contributed by atoms with Crippen LogP contribution in [0.3, 0.4) is 0 Å². The molecule has 8 nitrogen and oxygen atoms in total. The van der Waals surface area contributed by atoms with Crippen molar-refractivity contribution in [3.05, 3.63) is 48.5 Å². The van der Waals surface area contributed by atoms with E-state index in [1.165, 1.54) is 13.8 Å². The molecule has 28 heavy (non-hydrogen) atoms. The molecule has 0 bridgehead atoms. The van der Waals surface area contributed by atoms with E-state index in [0.717, 1.165) is 0 Å². The molecule has 1 heterocycles. The fraction of sp³-hybridized carbons (Fsp3) is 0.250. The molecule has 0 unspecified atom stereocenters. The van der Waals surface area contributed by atoms with Crippen molar-refractivity contribution >= 4 is 29.2 Å². The van der Waals surface area contributed by atoms with Crippen LogP contribution in [0, 0.1) is 0 Å². The van der Waals surface area contributed by atoms with Crippen LogP contribution >= 0.6 is 0 Å². The zero-order valence-corrected chi connectivity index (χ0v) is 15.4. The van der Waals surface area contributed by atoms with Crippen molar-refractivity contribution < 1.29 is 28.6 Å². The minimum absolute atomic E-state index is 0.00873. The number of carbonyl (C=O) groups is 3. The SMILES string of the molecule is CC(=O)Nc1ccc(NC(=O)[C@@H](C)OC(=O)[C@H]2COc3ccccc3O2)cc1. The number of esters is 1. The lowest BCUT2D eigenvalue weighted by Crippen LogP contribution is -2.41. The van der Waals surface area contributed by atoms with Crippen molar-refractivity contribution in [2.24, 2.45) is 0 Å². The Labute approximate surface area is 161 Å². The van der Waals surface area contributed by atoms with Gasteiger partial charge in [0.15, 0.2) is 17.6 Å². The third-order valence-corrected chi connectivity index (χ3v) is 3.91. The van der Waals surface area contributed by atoms with Gasteiger partial charge in [-0.3, -0.25) is 9.59 Å². The summed E-state index contributed by atoms with van der Waals surface area (Å²) in [4.78, 5) is 35.6. The Bertz CT molecular complexity index is 881. The Balaban J connectivity index is 1.52. The highest BCUT2D eigenvalue weighted by Crippen LogP contribution is 2.31. The molecule has 1 aliphatic heterocycles. The van der Waals surface area contributed by atoms with E-state index in [9.17, 15) is 14.4 Å². The van der Waals surface area contributed by atoms with E-state index in [1.54, 1.807) is 48.5 Å². The number of carbonyl (C=O) groups excluding carboxylic acids is 3. The highest BCUT2D eigenvalue weighted by molar-refractivity contribution is 5.96. The van der Waals surface area contributed by atoms with Gasteiger partial charge in [0.2, 0.25) is 12.0 Å². The summed E-state index contributed by atoms with van der Waals surface area (Å²) in [5, 5.41) is 5.28. The Morgan fingerprint density at radius 1 is 1.00 bits per heavy atom. The molecule has 0 saturated heterocycles. The van der Waals surface area contributed by atoms with Gasteiger partial charge in [-0.05, 0) is 43.3 Å². The fourth-order valence-corrected chi connectivity index (χ4v) is 2.52. The van der Waals surface area contributed by atoms with Gasteiger partial charge in [-0.2, -0.15) is 0 Å². The maximum Gasteiger partial charge on any atom is 0.351 e. The molecule has 3 rings (SSSR count). The minimum atomic E-state index is -1.02. The number of nitrogens with one attached hydrogen (secondary N) is 2. The van der Waals surface area contributed by atoms with Crippen molar-refractivity contribution in [2.75, 3.05) is 17.2 Å². The molecule has 0 radical (unpaired) electrons. The minimum Gasteiger partial charge on any atom is -0.485 e. The second-order valence-electron chi connectivity index (χ2n) is 6.19. The quantitative estimate of drug-likeness (QED) is 0.767. The largest absolute Gasteiger partial charge is 0.485 e.